The Labute approximate surface area is 371 Å². The summed E-state index contributed by atoms with van der Waals surface area (Å²) >= 11 is 0. The normalized spacial score (nSPS) is 19.7. The molecule has 1 heterocycles. The number of carbonyl (C=O) groups is 4. The van der Waals surface area contributed by atoms with E-state index in [-0.39, 0.29) is 46.9 Å². The zero-order valence-electron chi connectivity index (χ0n) is 37.8. The molecule has 2 unspecified atom stereocenters. The third-order valence-electron chi connectivity index (χ3n) is 12.1. The van der Waals surface area contributed by atoms with Gasteiger partial charge in [0.1, 0.15) is 0 Å². The lowest BCUT2D eigenvalue weighted by molar-refractivity contribution is -0.171. The van der Waals surface area contributed by atoms with Gasteiger partial charge in [-0.3, -0.25) is 14.9 Å². The summed E-state index contributed by atoms with van der Waals surface area (Å²) in [5, 5.41) is 9.11. The Morgan fingerprint density at radius 2 is 1.44 bits per heavy atom. The molecule has 2 aliphatic rings. The highest BCUT2D eigenvalue weighted by atomic mass is 16.7. The van der Waals surface area contributed by atoms with Crippen LogP contribution in [0.2, 0.25) is 0 Å². The van der Waals surface area contributed by atoms with Crippen LogP contribution in [-0.4, -0.2) is 70.9 Å². The van der Waals surface area contributed by atoms with Gasteiger partial charge in [-0.25, -0.2) is 9.59 Å². The van der Waals surface area contributed by atoms with Crippen molar-refractivity contribution in [3.8, 4) is 23.0 Å². The second-order valence-corrected chi connectivity index (χ2v) is 17.1. The first-order valence-corrected chi connectivity index (χ1v) is 21.9. The van der Waals surface area contributed by atoms with Crippen LogP contribution in [0.1, 0.15) is 89.3 Å². The number of allylic oxidation sites excluding steroid dienone is 1. The van der Waals surface area contributed by atoms with Crippen molar-refractivity contribution < 1.29 is 52.3 Å². The molecule has 3 aromatic rings. The van der Waals surface area contributed by atoms with Crippen molar-refractivity contribution in [3.63, 3.8) is 0 Å². The highest BCUT2D eigenvalue weighted by Crippen LogP contribution is 2.36. The molecule has 0 radical (unpaired) electrons. The first kappa shape index (κ1) is 48.3. The first-order chi connectivity index (χ1) is 30.2. The second kappa shape index (κ2) is 23.1. The van der Waals surface area contributed by atoms with Gasteiger partial charge in [0, 0.05) is 37.7 Å². The maximum absolute atomic E-state index is 12.9. The van der Waals surface area contributed by atoms with Crippen LogP contribution in [0.15, 0.2) is 72.8 Å². The Balaban J connectivity index is 1.01. The summed E-state index contributed by atoms with van der Waals surface area (Å²) in [4.78, 5) is 50.9. The molecule has 0 spiro atoms. The van der Waals surface area contributed by atoms with E-state index in [2.05, 4.69) is 36.4 Å². The van der Waals surface area contributed by atoms with Gasteiger partial charge >= 0.3 is 24.1 Å². The average molecular weight is 872 g/mol. The quantitative estimate of drug-likeness (QED) is 0.0529. The largest absolute Gasteiger partial charge is 0.493 e. The van der Waals surface area contributed by atoms with Crippen molar-refractivity contribution in [2.45, 2.75) is 104 Å². The molecule has 2 amide bonds. The number of rotatable bonds is 21. The zero-order chi connectivity index (χ0) is 45.5. The van der Waals surface area contributed by atoms with Crippen LogP contribution in [0, 0.1) is 23.2 Å². The van der Waals surface area contributed by atoms with Crippen molar-refractivity contribution >= 4 is 29.8 Å². The van der Waals surface area contributed by atoms with Gasteiger partial charge in [-0.15, -0.1) is 6.58 Å². The molecule has 342 valence electrons. The Morgan fingerprint density at radius 1 is 0.825 bits per heavy atom. The monoisotopic (exact) mass is 871 g/mol. The fourth-order valence-corrected chi connectivity index (χ4v) is 8.35. The van der Waals surface area contributed by atoms with Crippen molar-refractivity contribution in [2.75, 3.05) is 39.8 Å². The number of cyclic esters (lactones) is 1. The molecule has 14 nitrogen and oxygen atoms in total. The standard InChI is InChI=1S/C49H65N3O11/c1-9-49(5,28-31(2)3)22-23-50-47(55)62-32(4)61-45(53)36-14-18-38(19-15-36)51-29-33-10-16-39(17-11-33)52-48(56)63-42-21-13-35(27-44(42)59-8)25-40-37(30-60-46(40)54)24-34-12-20-41(57-6)43(26-34)58-7/h10-13,16-17,20-21,26-27,32,36-38,40,51H,2,9,14-15,18-19,22-25,28-30H2,1,3-8H3,(H,50,55)(H,52,56)/t32?,36?,37-,38?,40+,49?/m0/s1. The van der Waals surface area contributed by atoms with E-state index < -0.39 is 18.5 Å². The molecular formula is C49H65N3O11. The number of benzene rings is 3. The minimum absolute atomic E-state index is 0.0343. The minimum Gasteiger partial charge on any atom is -0.493 e. The molecule has 4 atom stereocenters. The van der Waals surface area contributed by atoms with E-state index in [1.54, 1.807) is 45.4 Å². The summed E-state index contributed by atoms with van der Waals surface area (Å²) in [5.41, 5.74) is 4.62. The Hall–Kier alpha value is -5.76. The molecule has 1 saturated carbocycles. The summed E-state index contributed by atoms with van der Waals surface area (Å²) in [7, 11) is 4.68. The number of alkyl carbamates (subject to hydrolysis) is 1. The van der Waals surface area contributed by atoms with Crippen LogP contribution >= 0.6 is 0 Å². The third-order valence-corrected chi connectivity index (χ3v) is 12.1. The predicted octanol–water partition coefficient (Wildman–Crippen LogP) is 8.93. The number of carbonyl (C=O) groups excluding carboxylic acids is 4. The number of ether oxygens (including phenoxy) is 7. The lowest BCUT2D eigenvalue weighted by Crippen LogP contribution is -2.37. The van der Waals surface area contributed by atoms with E-state index >= 15 is 0 Å². The summed E-state index contributed by atoms with van der Waals surface area (Å²) in [6, 6.07) is 18.7. The molecule has 2 fully saturated rings. The highest BCUT2D eigenvalue weighted by molar-refractivity contribution is 5.86. The van der Waals surface area contributed by atoms with Gasteiger partial charge in [-0.2, -0.15) is 0 Å². The lowest BCUT2D eigenvalue weighted by atomic mass is 9.79. The van der Waals surface area contributed by atoms with Gasteiger partial charge in [-0.1, -0.05) is 50.1 Å². The van der Waals surface area contributed by atoms with E-state index in [9.17, 15) is 19.2 Å². The van der Waals surface area contributed by atoms with E-state index in [0.29, 0.717) is 68.3 Å². The van der Waals surface area contributed by atoms with Crippen LogP contribution in [-0.2, 0) is 43.2 Å². The molecule has 3 aromatic carbocycles. The molecule has 1 aliphatic heterocycles. The number of amides is 2. The van der Waals surface area contributed by atoms with E-state index in [1.807, 2.05) is 43.3 Å². The van der Waals surface area contributed by atoms with E-state index in [0.717, 1.165) is 54.4 Å². The number of hydrogen-bond donors (Lipinski definition) is 3. The van der Waals surface area contributed by atoms with Crippen LogP contribution in [0.5, 0.6) is 23.0 Å². The highest BCUT2D eigenvalue weighted by Gasteiger charge is 2.37. The van der Waals surface area contributed by atoms with Gasteiger partial charge in [0.05, 0.1) is 39.8 Å². The maximum Gasteiger partial charge on any atom is 0.417 e. The Kier molecular flexibility index (Phi) is 17.7. The van der Waals surface area contributed by atoms with Crippen LogP contribution in [0.3, 0.4) is 0 Å². The third kappa shape index (κ3) is 14.4. The molecule has 5 rings (SSSR count). The summed E-state index contributed by atoms with van der Waals surface area (Å²) in [5.74, 6) is 0.633. The molecule has 1 saturated heterocycles. The van der Waals surface area contributed by atoms with Gasteiger partial charge in [-0.05, 0) is 117 Å². The van der Waals surface area contributed by atoms with Gasteiger partial charge in [0.25, 0.3) is 0 Å². The van der Waals surface area contributed by atoms with Crippen LogP contribution < -0.4 is 34.9 Å². The summed E-state index contributed by atoms with van der Waals surface area (Å²) in [6.45, 7) is 13.3. The van der Waals surface area contributed by atoms with Gasteiger partial charge in [0.2, 0.25) is 6.29 Å². The smallest absolute Gasteiger partial charge is 0.417 e. The number of methoxy groups -OCH3 is 3. The number of esters is 2. The maximum atomic E-state index is 12.9. The van der Waals surface area contributed by atoms with Gasteiger partial charge < -0.3 is 43.8 Å². The number of nitrogens with one attached hydrogen (secondary N) is 3. The summed E-state index contributed by atoms with van der Waals surface area (Å²) < 4.78 is 38.2. The Bertz CT molecular complexity index is 2030. The minimum atomic E-state index is -0.982. The molecular weight excluding hydrogens is 807 g/mol. The van der Waals surface area contributed by atoms with Gasteiger partial charge in [0.15, 0.2) is 23.0 Å². The number of hydrogen-bond acceptors (Lipinski definition) is 12. The van der Waals surface area contributed by atoms with E-state index in [1.165, 1.54) is 7.11 Å². The number of anilines is 1. The Morgan fingerprint density at radius 3 is 2.08 bits per heavy atom. The van der Waals surface area contributed by atoms with Crippen LogP contribution in [0.25, 0.3) is 0 Å². The second-order valence-electron chi connectivity index (χ2n) is 17.1. The molecule has 14 heteroatoms. The fourth-order valence-electron chi connectivity index (χ4n) is 8.35. The average Bonchev–Trinajstić information content (AvgIpc) is 3.60. The van der Waals surface area contributed by atoms with Crippen molar-refractivity contribution in [3.05, 3.63) is 89.5 Å². The lowest BCUT2D eigenvalue weighted by Gasteiger charge is -2.29. The molecule has 0 aromatic heterocycles. The molecule has 63 heavy (non-hydrogen) atoms. The molecule has 0 bridgehead atoms. The summed E-state index contributed by atoms with van der Waals surface area (Å²) in [6.07, 6.45) is 4.41. The van der Waals surface area contributed by atoms with Crippen molar-refractivity contribution in [2.24, 2.45) is 23.2 Å². The van der Waals surface area contributed by atoms with Crippen molar-refractivity contribution in [1.82, 2.24) is 10.6 Å². The molecule has 3 N–H and O–H groups in total. The SMILES string of the molecule is C=C(C)CC(C)(CC)CCNC(=O)OC(C)OC(=O)C1CCC(NCc2ccc(NC(=O)Oc3ccc(C[C@H]4C(=O)OC[C@@H]4Cc4ccc(OC)c(OC)c4)cc3OC)cc2)CC1. The topological polar surface area (TPSA) is 169 Å². The molecule has 1 aliphatic carbocycles. The predicted molar refractivity (Wildman–Crippen MR) is 239 cm³/mol. The zero-order valence-corrected chi connectivity index (χ0v) is 37.8. The van der Waals surface area contributed by atoms with Crippen LogP contribution in [0.4, 0.5) is 15.3 Å². The van der Waals surface area contributed by atoms with Crippen molar-refractivity contribution in [1.29, 1.82) is 0 Å². The fraction of sp³-hybridized carbons (Fsp3) is 0.510. The van der Waals surface area contributed by atoms with E-state index in [4.69, 9.17) is 33.2 Å². The first-order valence-electron chi connectivity index (χ1n) is 21.9.